The molecule has 1 saturated carbocycles. The van der Waals surface area contributed by atoms with E-state index in [0.717, 1.165) is 19.3 Å². The molecule has 0 aromatic heterocycles. The van der Waals surface area contributed by atoms with Gasteiger partial charge in [-0.05, 0) is 43.0 Å². The summed E-state index contributed by atoms with van der Waals surface area (Å²) in [5, 5.41) is 3.74. The van der Waals surface area contributed by atoms with Crippen LogP contribution in [0.5, 0.6) is 5.75 Å². The molecule has 0 saturated heterocycles. The molecule has 1 aliphatic carbocycles. The fraction of sp³-hybridized carbons (Fsp3) is 0.562. The Balaban J connectivity index is 1.89. The first-order valence-electron chi connectivity index (χ1n) is 7.45. The molecule has 21 heavy (non-hydrogen) atoms. The van der Waals surface area contributed by atoms with Gasteiger partial charge in [0.2, 0.25) is 0 Å². The van der Waals surface area contributed by atoms with Crippen molar-refractivity contribution in [3.05, 3.63) is 29.3 Å². The van der Waals surface area contributed by atoms with Crippen LogP contribution in [0, 0.1) is 5.92 Å². The quantitative estimate of drug-likeness (QED) is 0.879. The number of amides is 1. The van der Waals surface area contributed by atoms with Gasteiger partial charge in [-0.1, -0.05) is 31.4 Å². The van der Waals surface area contributed by atoms with Crippen molar-refractivity contribution in [1.82, 2.24) is 5.32 Å². The van der Waals surface area contributed by atoms with Crippen LogP contribution < -0.4 is 15.8 Å². The molecule has 5 heteroatoms. The summed E-state index contributed by atoms with van der Waals surface area (Å²) in [6, 6.07) is 6.97. The molecule has 0 radical (unpaired) electrons. The molecular weight excluding hydrogens is 288 g/mol. The second-order valence-corrected chi connectivity index (χ2v) is 6.23. The Labute approximate surface area is 131 Å². The van der Waals surface area contributed by atoms with E-state index < -0.39 is 0 Å². The van der Waals surface area contributed by atoms with Crippen LogP contribution in [0.2, 0.25) is 5.02 Å². The van der Waals surface area contributed by atoms with Crippen LogP contribution >= 0.6 is 11.6 Å². The van der Waals surface area contributed by atoms with Gasteiger partial charge in [-0.3, -0.25) is 4.79 Å². The monoisotopic (exact) mass is 310 g/mol. The van der Waals surface area contributed by atoms with Gasteiger partial charge in [0, 0.05) is 11.6 Å². The largest absolute Gasteiger partial charge is 0.484 e. The average molecular weight is 311 g/mol. The summed E-state index contributed by atoms with van der Waals surface area (Å²) in [5.41, 5.74) is 5.65. The lowest BCUT2D eigenvalue weighted by molar-refractivity contribution is -0.126. The molecule has 0 heterocycles. The second-order valence-electron chi connectivity index (χ2n) is 5.80. The van der Waals surface area contributed by atoms with Gasteiger partial charge in [0.15, 0.2) is 6.61 Å². The third kappa shape index (κ3) is 4.11. The summed E-state index contributed by atoms with van der Waals surface area (Å²) in [7, 11) is 0. The zero-order chi connectivity index (χ0) is 15.3. The van der Waals surface area contributed by atoms with Crippen LogP contribution in [0.25, 0.3) is 0 Å². The Bertz CT molecular complexity index is 478. The lowest BCUT2D eigenvalue weighted by Gasteiger charge is -2.42. The molecule has 3 N–H and O–H groups in total. The molecule has 1 aliphatic rings. The summed E-state index contributed by atoms with van der Waals surface area (Å²) in [4.78, 5) is 12.1. The topological polar surface area (TPSA) is 64.3 Å². The highest BCUT2D eigenvalue weighted by Gasteiger charge is 2.38. The molecule has 2 unspecified atom stereocenters. The standard InChI is InChI=1S/C16H23ClN2O2/c1-12-4-2-3-9-16(12,11-18)19-15(20)10-21-14-7-5-13(17)6-8-14/h5-8,12H,2-4,9-11,18H2,1H3,(H,19,20). The number of halogens is 1. The van der Waals surface area contributed by atoms with Crippen LogP contribution in [-0.2, 0) is 4.79 Å². The number of carbonyl (C=O) groups excluding carboxylic acids is 1. The van der Waals surface area contributed by atoms with E-state index >= 15 is 0 Å². The first-order chi connectivity index (χ1) is 10.1. The van der Waals surface area contributed by atoms with E-state index in [2.05, 4.69) is 12.2 Å². The molecule has 1 fully saturated rings. The summed E-state index contributed by atoms with van der Waals surface area (Å²) in [6.07, 6.45) is 4.37. The molecule has 0 bridgehead atoms. The molecule has 1 aromatic rings. The predicted octanol–water partition coefficient (Wildman–Crippen LogP) is 2.74. The van der Waals surface area contributed by atoms with Crippen LogP contribution in [0.4, 0.5) is 0 Å². The smallest absolute Gasteiger partial charge is 0.258 e. The lowest BCUT2D eigenvalue weighted by atomic mass is 9.73. The molecule has 2 atom stereocenters. The van der Waals surface area contributed by atoms with E-state index in [0.29, 0.717) is 23.2 Å². The third-order valence-corrected chi connectivity index (χ3v) is 4.64. The van der Waals surface area contributed by atoms with Gasteiger partial charge in [-0.25, -0.2) is 0 Å². The number of rotatable bonds is 5. The molecule has 4 nitrogen and oxygen atoms in total. The molecule has 0 spiro atoms. The van der Waals surface area contributed by atoms with Crippen molar-refractivity contribution in [3.8, 4) is 5.75 Å². The summed E-state index contributed by atoms with van der Waals surface area (Å²) >= 11 is 5.81. The molecule has 0 aliphatic heterocycles. The Kier molecular flexibility index (Phi) is 5.48. The van der Waals surface area contributed by atoms with Crippen molar-refractivity contribution >= 4 is 17.5 Å². The summed E-state index contributed by atoms with van der Waals surface area (Å²) in [6.45, 7) is 2.63. The minimum Gasteiger partial charge on any atom is -0.484 e. The van der Waals surface area contributed by atoms with Gasteiger partial charge in [0.05, 0.1) is 5.54 Å². The Hall–Kier alpha value is -1.26. The van der Waals surface area contributed by atoms with Gasteiger partial charge >= 0.3 is 0 Å². The lowest BCUT2D eigenvalue weighted by Crippen LogP contribution is -2.59. The SMILES string of the molecule is CC1CCCCC1(CN)NC(=O)COc1ccc(Cl)cc1. The van der Waals surface area contributed by atoms with Crippen LogP contribution in [0.1, 0.15) is 32.6 Å². The normalized spacial score (nSPS) is 25.4. The van der Waals surface area contributed by atoms with E-state index in [4.69, 9.17) is 22.1 Å². The summed E-state index contributed by atoms with van der Waals surface area (Å²) in [5.74, 6) is 0.910. The maximum absolute atomic E-state index is 12.1. The number of benzene rings is 1. The summed E-state index contributed by atoms with van der Waals surface area (Å²) < 4.78 is 5.48. The average Bonchev–Trinajstić information content (AvgIpc) is 2.49. The first kappa shape index (κ1) is 16.1. The van der Waals surface area contributed by atoms with Gasteiger partial charge in [0.25, 0.3) is 5.91 Å². The van der Waals surface area contributed by atoms with Crippen molar-refractivity contribution < 1.29 is 9.53 Å². The van der Waals surface area contributed by atoms with E-state index in [1.165, 1.54) is 6.42 Å². The van der Waals surface area contributed by atoms with Crippen LogP contribution in [0.3, 0.4) is 0 Å². The van der Waals surface area contributed by atoms with Crippen molar-refractivity contribution in [2.75, 3.05) is 13.2 Å². The predicted molar refractivity (Wildman–Crippen MR) is 84.5 cm³/mol. The highest BCUT2D eigenvalue weighted by atomic mass is 35.5. The first-order valence-corrected chi connectivity index (χ1v) is 7.83. The highest BCUT2D eigenvalue weighted by Crippen LogP contribution is 2.32. The second kappa shape index (κ2) is 7.14. The minimum atomic E-state index is -0.279. The molecule has 2 rings (SSSR count). The van der Waals surface area contributed by atoms with Gasteiger partial charge in [0.1, 0.15) is 5.75 Å². The minimum absolute atomic E-state index is 0.00387. The van der Waals surface area contributed by atoms with E-state index in [1.807, 2.05) is 0 Å². The Morgan fingerprint density at radius 3 is 2.76 bits per heavy atom. The zero-order valence-electron chi connectivity index (χ0n) is 12.4. The Morgan fingerprint density at radius 2 is 2.14 bits per heavy atom. The number of nitrogens with two attached hydrogens (primary N) is 1. The zero-order valence-corrected chi connectivity index (χ0v) is 13.2. The fourth-order valence-corrected chi connectivity index (χ4v) is 3.07. The third-order valence-electron chi connectivity index (χ3n) is 4.39. The number of carbonyl (C=O) groups is 1. The number of nitrogens with one attached hydrogen (secondary N) is 1. The van der Waals surface area contributed by atoms with Crippen molar-refractivity contribution in [1.29, 1.82) is 0 Å². The molecule has 1 amide bonds. The van der Waals surface area contributed by atoms with Gasteiger partial charge < -0.3 is 15.8 Å². The van der Waals surface area contributed by atoms with Crippen LogP contribution in [0.15, 0.2) is 24.3 Å². The number of ether oxygens (including phenoxy) is 1. The van der Waals surface area contributed by atoms with Gasteiger partial charge in [-0.2, -0.15) is 0 Å². The van der Waals surface area contributed by atoms with E-state index in [1.54, 1.807) is 24.3 Å². The van der Waals surface area contributed by atoms with Gasteiger partial charge in [-0.15, -0.1) is 0 Å². The number of hydrogen-bond donors (Lipinski definition) is 2. The van der Waals surface area contributed by atoms with Crippen molar-refractivity contribution in [2.45, 2.75) is 38.1 Å². The highest BCUT2D eigenvalue weighted by molar-refractivity contribution is 6.30. The van der Waals surface area contributed by atoms with E-state index in [9.17, 15) is 4.79 Å². The molecule has 116 valence electrons. The van der Waals surface area contributed by atoms with E-state index in [-0.39, 0.29) is 18.1 Å². The number of hydrogen-bond acceptors (Lipinski definition) is 3. The maximum Gasteiger partial charge on any atom is 0.258 e. The van der Waals surface area contributed by atoms with Crippen molar-refractivity contribution in [2.24, 2.45) is 11.7 Å². The van der Waals surface area contributed by atoms with Crippen LogP contribution in [-0.4, -0.2) is 24.6 Å². The molecular formula is C16H23ClN2O2. The maximum atomic E-state index is 12.1. The Morgan fingerprint density at radius 1 is 1.43 bits per heavy atom. The fourth-order valence-electron chi connectivity index (χ4n) is 2.95. The van der Waals surface area contributed by atoms with Crippen molar-refractivity contribution in [3.63, 3.8) is 0 Å². The molecule has 1 aromatic carbocycles.